The molecule has 54 heavy (non-hydrogen) atoms. The van der Waals surface area contributed by atoms with Gasteiger partial charge in [0.1, 0.15) is 42.3 Å². The number of benzene rings is 3. The first-order valence-electron chi connectivity index (χ1n) is 16.4. The third-order valence-corrected chi connectivity index (χ3v) is 8.24. The maximum absolute atomic E-state index is 15.0. The van der Waals surface area contributed by atoms with E-state index in [4.69, 9.17) is 35.4 Å². The zero-order valence-electron chi connectivity index (χ0n) is 30.7. The number of hydrogen-bond acceptors (Lipinski definition) is 11. The molecule has 0 saturated carbocycles. The molecule has 1 amide bonds. The molecule has 2 N–H and O–H groups in total. The van der Waals surface area contributed by atoms with Crippen LogP contribution in [0.3, 0.4) is 0 Å². The van der Waals surface area contributed by atoms with Gasteiger partial charge in [0.15, 0.2) is 5.71 Å². The first kappa shape index (κ1) is 40.5. The highest BCUT2D eigenvalue weighted by molar-refractivity contribution is 6.45. The fourth-order valence-corrected chi connectivity index (χ4v) is 5.03. The number of rotatable bonds is 12. The molecule has 0 fully saturated rings. The van der Waals surface area contributed by atoms with Crippen molar-refractivity contribution in [3.05, 3.63) is 113 Å². The lowest BCUT2D eigenvalue weighted by atomic mass is 9.80. The number of ether oxygens (including phenoxy) is 4. The number of carbonyl (C=O) groups excluding carboxylic acids is 1. The first-order valence-corrected chi connectivity index (χ1v) is 16.7. The van der Waals surface area contributed by atoms with Crippen molar-refractivity contribution in [1.82, 2.24) is 24.8 Å². The molecule has 5 aromatic rings. The molecule has 5 rings (SSSR count). The van der Waals surface area contributed by atoms with E-state index in [-0.39, 0.29) is 34.2 Å². The molecule has 2 aromatic heterocycles. The van der Waals surface area contributed by atoms with Crippen LogP contribution in [0.5, 0.6) is 34.8 Å². The Balaban J connectivity index is 0.000000252. The Kier molecular flexibility index (Phi) is 13.9. The molecule has 0 radical (unpaired) electrons. The Labute approximate surface area is 316 Å². The molecule has 1 unspecified atom stereocenters. The van der Waals surface area contributed by atoms with Crippen LogP contribution in [-0.2, 0) is 9.63 Å². The number of carbonyl (C=O) groups is 2. The lowest BCUT2D eigenvalue weighted by molar-refractivity contribution is -0.114. The Morgan fingerprint density at radius 2 is 1.57 bits per heavy atom. The highest BCUT2D eigenvalue weighted by Gasteiger charge is 2.32. The monoisotopic (exact) mass is 762 g/mol. The standard InChI is InChI=1S/C21H18ClFN4O4.C17H22N2O4/c1-12-14(22)8-6-10-15(12)30-20-17(23)21(26-11-25-20)31-16-9-5-4-7-13(16)18(27-29-3)19(28)24-2;1-17(2,3)14(15-18-9-10-19(15)16(20)21)11-23-13-7-5-12(22-4)6-8-13/h4-11H,1-3H3,(H,24,28);5-10,14H,11H2,1-4H3,(H,20,21). The van der Waals surface area contributed by atoms with E-state index in [1.54, 1.807) is 50.4 Å². The molecule has 3 aromatic carbocycles. The zero-order chi connectivity index (χ0) is 39.4. The molecule has 0 bridgehead atoms. The number of methoxy groups -OCH3 is 1. The number of halogens is 2. The van der Waals surface area contributed by atoms with Crippen LogP contribution >= 0.6 is 11.6 Å². The van der Waals surface area contributed by atoms with Gasteiger partial charge in [0.25, 0.3) is 17.7 Å². The van der Waals surface area contributed by atoms with Gasteiger partial charge in [-0.3, -0.25) is 4.79 Å². The maximum Gasteiger partial charge on any atom is 0.417 e. The number of amides is 1. The van der Waals surface area contributed by atoms with Gasteiger partial charge in [-0.1, -0.05) is 55.7 Å². The summed E-state index contributed by atoms with van der Waals surface area (Å²) in [5, 5.41) is 16.0. The summed E-state index contributed by atoms with van der Waals surface area (Å²) in [5.41, 5.74) is 0.641. The SMILES string of the molecule is CNC(=O)C(=NOC)c1ccccc1Oc1ncnc(Oc2cccc(Cl)c2C)c1F.COc1ccc(OCC(c2nccn2C(=O)O)C(C)(C)C)cc1. The molecule has 2 heterocycles. The number of hydrogen-bond donors (Lipinski definition) is 2. The lowest BCUT2D eigenvalue weighted by Crippen LogP contribution is -2.29. The number of likely N-dealkylation sites (N-methyl/N-ethyl adjacent to an activating group) is 1. The normalized spacial score (nSPS) is 11.8. The van der Waals surface area contributed by atoms with Crippen LogP contribution in [0.4, 0.5) is 9.18 Å². The molecular weight excluding hydrogens is 723 g/mol. The van der Waals surface area contributed by atoms with E-state index in [1.165, 1.54) is 32.6 Å². The van der Waals surface area contributed by atoms with Crippen molar-refractivity contribution in [2.24, 2.45) is 10.6 Å². The van der Waals surface area contributed by atoms with E-state index in [9.17, 15) is 14.7 Å². The summed E-state index contributed by atoms with van der Waals surface area (Å²) >= 11 is 6.08. The fourth-order valence-electron chi connectivity index (χ4n) is 4.86. The second-order valence-electron chi connectivity index (χ2n) is 12.4. The number of nitrogens with zero attached hydrogens (tertiary/aromatic N) is 5. The van der Waals surface area contributed by atoms with Crippen molar-refractivity contribution in [3.8, 4) is 34.8 Å². The highest BCUT2D eigenvalue weighted by Crippen LogP contribution is 2.36. The largest absolute Gasteiger partial charge is 0.497 e. The lowest BCUT2D eigenvalue weighted by Gasteiger charge is -2.30. The topological polar surface area (TPSA) is 169 Å². The van der Waals surface area contributed by atoms with Crippen LogP contribution in [0.1, 0.15) is 43.6 Å². The minimum atomic E-state index is -1.05. The molecule has 284 valence electrons. The van der Waals surface area contributed by atoms with Crippen molar-refractivity contribution >= 4 is 29.3 Å². The molecule has 1 atom stereocenters. The summed E-state index contributed by atoms with van der Waals surface area (Å²) in [7, 11) is 4.36. The van der Waals surface area contributed by atoms with E-state index in [1.807, 2.05) is 45.0 Å². The molecule has 0 spiro atoms. The van der Waals surface area contributed by atoms with Crippen molar-refractivity contribution in [2.75, 3.05) is 27.9 Å². The van der Waals surface area contributed by atoms with Crippen molar-refractivity contribution in [3.63, 3.8) is 0 Å². The molecule has 0 aliphatic carbocycles. The smallest absolute Gasteiger partial charge is 0.417 e. The van der Waals surface area contributed by atoms with Gasteiger partial charge >= 0.3 is 6.09 Å². The summed E-state index contributed by atoms with van der Waals surface area (Å²) in [6.07, 6.45) is 3.00. The molecule has 16 heteroatoms. The zero-order valence-corrected chi connectivity index (χ0v) is 31.4. The molecule has 14 nitrogen and oxygen atoms in total. The van der Waals surface area contributed by atoms with E-state index in [0.717, 1.165) is 16.6 Å². The van der Waals surface area contributed by atoms with E-state index < -0.39 is 23.7 Å². The van der Waals surface area contributed by atoms with E-state index in [2.05, 4.69) is 25.4 Å². The number of carboxylic acid groups (broad SMARTS) is 1. The Bertz CT molecular complexity index is 2090. The molecular formula is C38H40ClFN6O8. The average Bonchev–Trinajstić information content (AvgIpc) is 3.64. The van der Waals surface area contributed by atoms with Gasteiger partial charge in [-0.05, 0) is 60.9 Å². The number of aromatic nitrogens is 4. The van der Waals surface area contributed by atoms with Crippen LogP contribution in [-0.4, -0.2) is 70.2 Å². The quantitative estimate of drug-likeness (QED) is 0.0937. The van der Waals surface area contributed by atoms with Crippen LogP contribution in [0.25, 0.3) is 0 Å². The summed E-state index contributed by atoms with van der Waals surface area (Å²) in [6.45, 7) is 8.18. The van der Waals surface area contributed by atoms with Crippen molar-refractivity contribution < 1.29 is 42.9 Å². The number of nitrogens with one attached hydrogen (secondary N) is 1. The Morgan fingerprint density at radius 3 is 2.19 bits per heavy atom. The number of para-hydroxylation sites is 1. The predicted octanol–water partition coefficient (Wildman–Crippen LogP) is 7.89. The van der Waals surface area contributed by atoms with Gasteiger partial charge in [0.2, 0.25) is 5.82 Å². The van der Waals surface area contributed by atoms with Crippen LogP contribution in [0.15, 0.2) is 90.6 Å². The van der Waals surface area contributed by atoms with Crippen LogP contribution in [0.2, 0.25) is 5.02 Å². The van der Waals surface area contributed by atoms with Gasteiger partial charge in [-0.15, -0.1) is 0 Å². The Morgan fingerprint density at radius 1 is 0.944 bits per heavy atom. The second kappa shape index (κ2) is 18.5. The molecule has 0 aliphatic heterocycles. The summed E-state index contributed by atoms with van der Waals surface area (Å²) in [6, 6.07) is 18.7. The van der Waals surface area contributed by atoms with Crippen molar-refractivity contribution in [2.45, 2.75) is 33.6 Å². The maximum atomic E-state index is 15.0. The minimum Gasteiger partial charge on any atom is -0.497 e. The second-order valence-corrected chi connectivity index (χ2v) is 12.8. The summed E-state index contributed by atoms with van der Waals surface area (Å²) in [5.74, 6) is 0.0582. The number of oxime groups is 1. The third kappa shape index (κ3) is 10.2. The van der Waals surface area contributed by atoms with Crippen LogP contribution < -0.4 is 24.3 Å². The predicted molar refractivity (Wildman–Crippen MR) is 199 cm³/mol. The fraction of sp³-hybridized carbons (Fsp3) is 0.263. The van der Waals surface area contributed by atoms with Crippen molar-refractivity contribution in [1.29, 1.82) is 0 Å². The first-order chi connectivity index (χ1) is 25.8. The minimum absolute atomic E-state index is 0.0545. The summed E-state index contributed by atoms with van der Waals surface area (Å²) in [4.78, 5) is 40.2. The van der Waals surface area contributed by atoms with Gasteiger partial charge in [-0.2, -0.15) is 14.4 Å². The summed E-state index contributed by atoms with van der Waals surface area (Å²) < 4.78 is 38.4. The van der Waals surface area contributed by atoms with Gasteiger partial charge in [-0.25, -0.2) is 14.3 Å². The molecule has 0 saturated heterocycles. The van der Waals surface area contributed by atoms with E-state index >= 15 is 4.39 Å². The van der Waals surface area contributed by atoms with Gasteiger partial charge in [0, 0.05) is 30.0 Å². The van der Waals surface area contributed by atoms with Gasteiger partial charge in [0.05, 0.1) is 25.2 Å². The third-order valence-electron chi connectivity index (χ3n) is 7.83. The van der Waals surface area contributed by atoms with Crippen LogP contribution in [0, 0.1) is 18.2 Å². The van der Waals surface area contributed by atoms with Gasteiger partial charge < -0.3 is 34.2 Å². The van der Waals surface area contributed by atoms with E-state index in [0.29, 0.717) is 34.5 Å². The Hall–Kier alpha value is -6.22. The highest BCUT2D eigenvalue weighted by atomic mass is 35.5. The number of imidazole rings is 1. The average molecular weight is 763 g/mol. The molecule has 0 aliphatic rings.